The molecule has 3 N–H and O–H groups in total. The van der Waals surface area contributed by atoms with Crippen LogP contribution >= 0.6 is 0 Å². The van der Waals surface area contributed by atoms with Crippen molar-refractivity contribution in [3.8, 4) is 22.9 Å². The maximum atomic E-state index is 6.02. The Morgan fingerprint density at radius 2 is 1.89 bits per heavy atom. The molecule has 0 amide bonds. The fourth-order valence-corrected chi connectivity index (χ4v) is 2.02. The standard InChI is InChI=1S/C13H16N4O2/c1-18-10-5-8(9(14)6-11(10)19-2)13-15-12(16-17-13)7-3-4-7/h5-7H,3-4,14H2,1-2H3,(H,15,16,17). The lowest BCUT2D eigenvalue weighted by Crippen LogP contribution is -1.97. The SMILES string of the molecule is COc1cc(N)c(-c2n[nH]c(C3CC3)n2)cc1OC. The van der Waals surface area contributed by atoms with E-state index in [2.05, 4.69) is 15.2 Å². The van der Waals surface area contributed by atoms with Crippen molar-refractivity contribution in [3.63, 3.8) is 0 Å². The molecule has 1 fully saturated rings. The van der Waals surface area contributed by atoms with Crippen LogP contribution in [0, 0.1) is 0 Å². The number of anilines is 1. The third kappa shape index (κ3) is 2.09. The highest BCUT2D eigenvalue weighted by Crippen LogP contribution is 2.40. The minimum absolute atomic E-state index is 0.530. The molecule has 100 valence electrons. The predicted molar refractivity (Wildman–Crippen MR) is 71.3 cm³/mol. The van der Waals surface area contributed by atoms with Gasteiger partial charge in [0.15, 0.2) is 17.3 Å². The molecule has 1 aromatic carbocycles. The van der Waals surface area contributed by atoms with Crippen molar-refractivity contribution >= 4 is 5.69 Å². The van der Waals surface area contributed by atoms with Crippen LogP contribution in [0.5, 0.6) is 11.5 Å². The number of methoxy groups -OCH3 is 2. The van der Waals surface area contributed by atoms with Crippen LogP contribution < -0.4 is 15.2 Å². The van der Waals surface area contributed by atoms with Gasteiger partial charge in [0.1, 0.15) is 5.82 Å². The Balaban J connectivity index is 2.02. The molecule has 0 radical (unpaired) electrons. The van der Waals surface area contributed by atoms with Gasteiger partial charge in [-0.2, -0.15) is 5.10 Å². The lowest BCUT2D eigenvalue weighted by atomic mass is 10.1. The summed E-state index contributed by atoms with van der Waals surface area (Å²) >= 11 is 0. The molecule has 1 saturated carbocycles. The summed E-state index contributed by atoms with van der Waals surface area (Å²) in [7, 11) is 3.17. The van der Waals surface area contributed by atoms with Crippen LogP contribution in [0.25, 0.3) is 11.4 Å². The van der Waals surface area contributed by atoms with E-state index >= 15 is 0 Å². The quantitative estimate of drug-likeness (QED) is 0.820. The molecular formula is C13H16N4O2. The third-order valence-corrected chi connectivity index (χ3v) is 3.26. The van der Waals surface area contributed by atoms with Crippen molar-refractivity contribution < 1.29 is 9.47 Å². The molecule has 0 spiro atoms. The van der Waals surface area contributed by atoms with E-state index in [9.17, 15) is 0 Å². The van der Waals surface area contributed by atoms with Crippen molar-refractivity contribution in [1.82, 2.24) is 15.2 Å². The zero-order chi connectivity index (χ0) is 13.4. The molecule has 6 heteroatoms. The van der Waals surface area contributed by atoms with Crippen LogP contribution in [0.15, 0.2) is 12.1 Å². The van der Waals surface area contributed by atoms with E-state index in [1.165, 1.54) is 12.8 Å². The monoisotopic (exact) mass is 260 g/mol. The topological polar surface area (TPSA) is 86.0 Å². The molecule has 0 saturated heterocycles. The highest BCUT2D eigenvalue weighted by Gasteiger charge is 2.27. The third-order valence-electron chi connectivity index (χ3n) is 3.26. The number of ether oxygens (including phenoxy) is 2. The number of nitrogens with zero attached hydrogens (tertiary/aromatic N) is 2. The molecule has 6 nitrogen and oxygen atoms in total. The first-order valence-electron chi connectivity index (χ1n) is 6.17. The number of benzene rings is 1. The number of nitrogens with one attached hydrogen (secondary N) is 1. The average molecular weight is 260 g/mol. The molecule has 0 atom stereocenters. The van der Waals surface area contributed by atoms with Crippen LogP contribution in [-0.2, 0) is 0 Å². The number of H-pyrrole nitrogens is 1. The minimum atomic E-state index is 0.530. The summed E-state index contributed by atoms with van der Waals surface area (Å²) in [5, 5.41) is 7.20. The van der Waals surface area contributed by atoms with E-state index in [4.69, 9.17) is 15.2 Å². The second-order valence-corrected chi connectivity index (χ2v) is 4.61. The van der Waals surface area contributed by atoms with E-state index in [0.29, 0.717) is 28.9 Å². The van der Waals surface area contributed by atoms with Gasteiger partial charge < -0.3 is 15.2 Å². The normalized spacial score (nSPS) is 14.4. The van der Waals surface area contributed by atoms with E-state index in [1.54, 1.807) is 26.4 Å². The molecule has 0 unspecified atom stereocenters. The van der Waals surface area contributed by atoms with Gasteiger partial charge in [0.05, 0.1) is 14.2 Å². The second-order valence-electron chi connectivity index (χ2n) is 4.61. The molecule has 1 aliphatic rings. The van der Waals surface area contributed by atoms with E-state index in [0.717, 1.165) is 11.4 Å². The maximum Gasteiger partial charge on any atom is 0.183 e. The van der Waals surface area contributed by atoms with Crippen molar-refractivity contribution in [3.05, 3.63) is 18.0 Å². The summed E-state index contributed by atoms with van der Waals surface area (Å²) in [6.07, 6.45) is 2.35. The van der Waals surface area contributed by atoms with Crippen molar-refractivity contribution in [2.75, 3.05) is 20.0 Å². The van der Waals surface area contributed by atoms with E-state index < -0.39 is 0 Å². The van der Waals surface area contributed by atoms with Gasteiger partial charge in [0, 0.05) is 23.2 Å². The van der Waals surface area contributed by atoms with Crippen LogP contribution in [0.1, 0.15) is 24.6 Å². The zero-order valence-electron chi connectivity index (χ0n) is 10.9. The Labute approximate surface area is 110 Å². The van der Waals surface area contributed by atoms with Crippen molar-refractivity contribution in [1.29, 1.82) is 0 Å². The first kappa shape index (κ1) is 11.8. The molecule has 19 heavy (non-hydrogen) atoms. The molecule has 2 aromatic rings. The first-order valence-corrected chi connectivity index (χ1v) is 6.17. The summed E-state index contributed by atoms with van der Waals surface area (Å²) in [6, 6.07) is 3.52. The van der Waals surface area contributed by atoms with Crippen LogP contribution in [0.4, 0.5) is 5.69 Å². The van der Waals surface area contributed by atoms with Crippen LogP contribution in [-0.4, -0.2) is 29.4 Å². The summed E-state index contributed by atoms with van der Waals surface area (Å²) in [5.74, 6) is 3.28. The molecule has 1 aliphatic carbocycles. The second kappa shape index (κ2) is 4.46. The zero-order valence-corrected chi connectivity index (χ0v) is 10.9. The smallest absolute Gasteiger partial charge is 0.183 e. The molecule has 0 bridgehead atoms. The Morgan fingerprint density at radius 3 is 2.53 bits per heavy atom. The minimum Gasteiger partial charge on any atom is -0.493 e. The molecule has 3 rings (SSSR count). The van der Waals surface area contributed by atoms with Crippen molar-refractivity contribution in [2.24, 2.45) is 0 Å². The Hall–Kier alpha value is -2.24. The number of hydrogen-bond acceptors (Lipinski definition) is 5. The summed E-state index contributed by atoms with van der Waals surface area (Å²) < 4.78 is 10.5. The van der Waals surface area contributed by atoms with E-state index in [-0.39, 0.29) is 0 Å². The number of nitrogen functional groups attached to an aromatic ring is 1. The first-order chi connectivity index (χ1) is 9.22. The predicted octanol–water partition coefficient (Wildman–Crippen LogP) is 1.95. The lowest BCUT2D eigenvalue weighted by molar-refractivity contribution is 0.355. The number of rotatable bonds is 4. The summed E-state index contributed by atoms with van der Waals surface area (Å²) in [6.45, 7) is 0. The molecular weight excluding hydrogens is 244 g/mol. The molecule has 1 heterocycles. The lowest BCUT2D eigenvalue weighted by Gasteiger charge is -2.10. The largest absolute Gasteiger partial charge is 0.493 e. The van der Waals surface area contributed by atoms with Gasteiger partial charge in [0.25, 0.3) is 0 Å². The fraction of sp³-hybridized carbons (Fsp3) is 0.385. The highest BCUT2D eigenvalue weighted by molar-refractivity contribution is 5.75. The van der Waals surface area contributed by atoms with Crippen molar-refractivity contribution in [2.45, 2.75) is 18.8 Å². The molecule has 1 aromatic heterocycles. The van der Waals surface area contributed by atoms with Gasteiger partial charge in [-0.05, 0) is 18.9 Å². The number of aromatic nitrogens is 3. The Bertz CT molecular complexity index is 605. The maximum absolute atomic E-state index is 6.02. The van der Waals surface area contributed by atoms with Gasteiger partial charge in [-0.3, -0.25) is 5.10 Å². The van der Waals surface area contributed by atoms with Gasteiger partial charge >= 0.3 is 0 Å². The van der Waals surface area contributed by atoms with E-state index in [1.807, 2.05) is 0 Å². The molecule has 0 aliphatic heterocycles. The Morgan fingerprint density at radius 1 is 1.21 bits per heavy atom. The number of nitrogens with two attached hydrogens (primary N) is 1. The average Bonchev–Trinajstić information content (AvgIpc) is 3.17. The fourth-order valence-electron chi connectivity index (χ4n) is 2.02. The highest BCUT2D eigenvalue weighted by atomic mass is 16.5. The van der Waals surface area contributed by atoms with Gasteiger partial charge in [-0.25, -0.2) is 4.98 Å². The van der Waals surface area contributed by atoms with Gasteiger partial charge in [0.2, 0.25) is 0 Å². The van der Waals surface area contributed by atoms with Gasteiger partial charge in [-0.1, -0.05) is 0 Å². The van der Waals surface area contributed by atoms with Gasteiger partial charge in [-0.15, -0.1) is 0 Å². The van der Waals surface area contributed by atoms with Crippen LogP contribution in [0.3, 0.4) is 0 Å². The Kier molecular flexibility index (Phi) is 2.77. The van der Waals surface area contributed by atoms with Crippen LogP contribution in [0.2, 0.25) is 0 Å². The summed E-state index contributed by atoms with van der Waals surface area (Å²) in [5.41, 5.74) is 7.34. The number of hydrogen-bond donors (Lipinski definition) is 2. The summed E-state index contributed by atoms with van der Waals surface area (Å²) in [4.78, 5) is 4.49. The number of aromatic amines is 1.